The van der Waals surface area contributed by atoms with Gasteiger partial charge in [-0.25, -0.2) is 8.42 Å². The molecule has 2 aromatic rings. The van der Waals surface area contributed by atoms with Gasteiger partial charge in [-0.3, -0.25) is 20.4 Å². The van der Waals surface area contributed by atoms with Crippen molar-refractivity contribution in [3.63, 3.8) is 0 Å². The summed E-state index contributed by atoms with van der Waals surface area (Å²) in [5, 5.41) is 9.58. The van der Waals surface area contributed by atoms with Crippen molar-refractivity contribution in [1.29, 1.82) is 0 Å². The highest BCUT2D eigenvalue weighted by atomic mass is 35.5. The number of nitrogens with zero attached hydrogens (tertiary/aromatic N) is 1. The van der Waals surface area contributed by atoms with Crippen LogP contribution in [0, 0.1) is 0 Å². The number of furan rings is 1. The zero-order valence-corrected chi connectivity index (χ0v) is 16.2. The maximum absolute atomic E-state index is 12.5. The third-order valence-electron chi connectivity index (χ3n) is 4.21. The first-order valence-electron chi connectivity index (χ1n) is 8.48. The number of hydrazine groups is 1. The van der Waals surface area contributed by atoms with Crippen LogP contribution in [-0.4, -0.2) is 42.7 Å². The van der Waals surface area contributed by atoms with Gasteiger partial charge < -0.3 is 9.52 Å². The lowest BCUT2D eigenvalue weighted by Crippen LogP contribution is -2.41. The van der Waals surface area contributed by atoms with Crippen molar-refractivity contribution < 1.29 is 27.5 Å². The van der Waals surface area contributed by atoms with Gasteiger partial charge in [0.15, 0.2) is 5.76 Å². The molecule has 1 aliphatic heterocycles. The van der Waals surface area contributed by atoms with E-state index >= 15 is 0 Å². The van der Waals surface area contributed by atoms with Crippen LogP contribution in [0.5, 0.6) is 5.75 Å². The van der Waals surface area contributed by atoms with E-state index in [1.807, 2.05) is 0 Å². The van der Waals surface area contributed by atoms with Crippen molar-refractivity contribution in [1.82, 2.24) is 15.2 Å². The van der Waals surface area contributed by atoms with E-state index in [0.29, 0.717) is 13.1 Å². The number of piperidine rings is 1. The number of halogens is 1. The summed E-state index contributed by atoms with van der Waals surface area (Å²) in [6.07, 6.45) is 2.52. The minimum absolute atomic E-state index is 0.138. The van der Waals surface area contributed by atoms with E-state index < -0.39 is 21.8 Å². The first kappa shape index (κ1) is 20.2. The number of phenols is 1. The monoisotopic (exact) mass is 427 g/mol. The average Bonchev–Trinajstić information content (AvgIpc) is 3.19. The lowest BCUT2D eigenvalue weighted by Gasteiger charge is -2.24. The number of nitrogens with one attached hydrogen (secondary N) is 2. The van der Waals surface area contributed by atoms with Crippen LogP contribution in [0.1, 0.15) is 40.2 Å². The van der Waals surface area contributed by atoms with Crippen molar-refractivity contribution in [3.05, 3.63) is 46.7 Å². The first-order valence-corrected chi connectivity index (χ1v) is 10.3. The molecule has 11 heteroatoms. The van der Waals surface area contributed by atoms with E-state index in [4.69, 9.17) is 16.0 Å². The molecular weight excluding hydrogens is 410 g/mol. The fraction of sp³-hybridized carbons (Fsp3) is 0.294. The zero-order valence-electron chi connectivity index (χ0n) is 14.6. The minimum Gasteiger partial charge on any atom is -0.507 e. The Morgan fingerprint density at radius 3 is 2.43 bits per heavy atom. The Kier molecular flexibility index (Phi) is 5.92. The van der Waals surface area contributed by atoms with Crippen LogP contribution in [0.2, 0.25) is 5.02 Å². The van der Waals surface area contributed by atoms with Gasteiger partial charge in [0.25, 0.3) is 15.9 Å². The van der Waals surface area contributed by atoms with Crippen LogP contribution in [0.15, 0.2) is 39.8 Å². The van der Waals surface area contributed by atoms with E-state index in [1.165, 1.54) is 34.6 Å². The third-order valence-corrected chi connectivity index (χ3v) is 6.22. The third kappa shape index (κ3) is 4.29. The summed E-state index contributed by atoms with van der Waals surface area (Å²) in [5.41, 5.74) is 4.05. The Morgan fingerprint density at radius 2 is 1.71 bits per heavy atom. The standard InChI is InChI=1S/C17H18ClN3O6S/c18-11-4-5-13(22)12(10-11)16(23)19-20-17(24)14-6-7-15(27-14)28(25,26)21-8-2-1-3-9-21/h4-7,10,22H,1-3,8-9H2,(H,19,23)(H,20,24). The van der Waals surface area contributed by atoms with Crippen molar-refractivity contribution in [3.8, 4) is 5.75 Å². The number of hydrogen-bond acceptors (Lipinski definition) is 6. The smallest absolute Gasteiger partial charge is 0.305 e. The molecule has 2 heterocycles. The van der Waals surface area contributed by atoms with Gasteiger partial charge in [0, 0.05) is 18.1 Å². The normalized spacial score (nSPS) is 15.2. The van der Waals surface area contributed by atoms with Crippen molar-refractivity contribution >= 4 is 33.4 Å². The lowest BCUT2D eigenvalue weighted by atomic mass is 10.2. The van der Waals surface area contributed by atoms with Crippen LogP contribution in [0.4, 0.5) is 0 Å². The van der Waals surface area contributed by atoms with Gasteiger partial charge in [-0.2, -0.15) is 4.31 Å². The van der Waals surface area contributed by atoms with Gasteiger partial charge in [0.05, 0.1) is 5.56 Å². The molecule has 3 N–H and O–H groups in total. The highest BCUT2D eigenvalue weighted by Gasteiger charge is 2.29. The van der Waals surface area contributed by atoms with Crippen LogP contribution >= 0.6 is 11.6 Å². The molecule has 0 spiro atoms. The summed E-state index contributed by atoms with van der Waals surface area (Å²) in [6.45, 7) is 0.813. The maximum atomic E-state index is 12.5. The second-order valence-corrected chi connectivity index (χ2v) is 8.46. The molecule has 1 aromatic heterocycles. The molecular formula is C17H18ClN3O6S. The molecule has 3 rings (SSSR count). The van der Waals surface area contributed by atoms with Gasteiger partial charge in [-0.15, -0.1) is 0 Å². The number of sulfonamides is 1. The Bertz CT molecular complexity index is 998. The predicted molar refractivity (Wildman–Crippen MR) is 99.4 cm³/mol. The lowest BCUT2D eigenvalue weighted by molar-refractivity contribution is 0.0826. The SMILES string of the molecule is O=C(NNC(=O)c1cc(Cl)ccc1O)c1ccc(S(=O)(=O)N2CCCCC2)o1. The Balaban J connectivity index is 1.66. The fourth-order valence-corrected chi connectivity index (χ4v) is 4.35. The van der Waals surface area contributed by atoms with Crippen molar-refractivity contribution in [2.24, 2.45) is 0 Å². The number of hydrogen-bond donors (Lipinski definition) is 3. The van der Waals surface area contributed by atoms with E-state index in [-0.39, 0.29) is 27.2 Å². The molecule has 0 radical (unpaired) electrons. The molecule has 1 saturated heterocycles. The van der Waals surface area contributed by atoms with E-state index in [1.54, 1.807) is 0 Å². The summed E-state index contributed by atoms with van der Waals surface area (Å²) >= 11 is 5.77. The molecule has 9 nitrogen and oxygen atoms in total. The molecule has 2 amide bonds. The molecule has 0 unspecified atom stereocenters. The summed E-state index contributed by atoms with van der Waals surface area (Å²) in [6, 6.07) is 6.27. The molecule has 0 bridgehead atoms. The largest absolute Gasteiger partial charge is 0.507 e. The van der Waals surface area contributed by atoms with Crippen LogP contribution < -0.4 is 10.9 Å². The molecule has 1 aliphatic rings. The summed E-state index contributed by atoms with van der Waals surface area (Å²) in [7, 11) is -3.81. The number of carbonyl (C=O) groups is 2. The predicted octanol–water partition coefficient (Wildman–Crippen LogP) is 1.89. The van der Waals surface area contributed by atoms with Crippen molar-refractivity contribution in [2.45, 2.75) is 24.4 Å². The van der Waals surface area contributed by atoms with E-state index in [9.17, 15) is 23.1 Å². The Hall–Kier alpha value is -2.56. The van der Waals surface area contributed by atoms with Gasteiger partial charge >= 0.3 is 5.91 Å². The van der Waals surface area contributed by atoms with Gasteiger partial charge in [0.2, 0.25) is 5.09 Å². The summed E-state index contributed by atoms with van der Waals surface area (Å²) in [5.74, 6) is -2.26. The molecule has 1 aromatic carbocycles. The minimum atomic E-state index is -3.81. The molecule has 0 atom stereocenters. The van der Waals surface area contributed by atoms with Crippen LogP contribution in [0.25, 0.3) is 0 Å². The van der Waals surface area contributed by atoms with Crippen LogP contribution in [0.3, 0.4) is 0 Å². The zero-order chi connectivity index (χ0) is 20.3. The summed E-state index contributed by atoms with van der Waals surface area (Å²) < 4.78 is 31.6. The van der Waals surface area contributed by atoms with E-state index in [0.717, 1.165) is 19.3 Å². The van der Waals surface area contributed by atoms with Gasteiger partial charge in [-0.1, -0.05) is 18.0 Å². The highest BCUT2D eigenvalue weighted by molar-refractivity contribution is 7.89. The van der Waals surface area contributed by atoms with Crippen molar-refractivity contribution in [2.75, 3.05) is 13.1 Å². The quantitative estimate of drug-likeness (QED) is 0.639. The molecule has 150 valence electrons. The number of amides is 2. The van der Waals surface area contributed by atoms with Gasteiger partial charge in [0.1, 0.15) is 5.75 Å². The first-order chi connectivity index (χ1) is 13.3. The second kappa shape index (κ2) is 8.21. The number of aromatic hydroxyl groups is 1. The topological polar surface area (TPSA) is 129 Å². The molecule has 0 aliphatic carbocycles. The fourth-order valence-electron chi connectivity index (χ4n) is 2.75. The number of benzene rings is 1. The summed E-state index contributed by atoms with van der Waals surface area (Å²) in [4.78, 5) is 24.2. The van der Waals surface area contributed by atoms with E-state index in [2.05, 4.69) is 10.9 Å². The molecule has 28 heavy (non-hydrogen) atoms. The highest BCUT2D eigenvalue weighted by Crippen LogP contribution is 2.23. The van der Waals surface area contributed by atoms with Crippen LogP contribution in [-0.2, 0) is 10.0 Å². The number of rotatable bonds is 4. The average molecular weight is 428 g/mol. The Morgan fingerprint density at radius 1 is 1.04 bits per heavy atom. The maximum Gasteiger partial charge on any atom is 0.305 e. The van der Waals surface area contributed by atoms with Gasteiger partial charge in [-0.05, 0) is 43.2 Å². The molecule has 1 fully saturated rings. The number of carbonyl (C=O) groups excluding carboxylic acids is 2. The molecule has 0 saturated carbocycles. The second-order valence-electron chi connectivity index (χ2n) is 6.15. The number of phenolic OH excluding ortho intramolecular Hbond substituents is 1. The Labute approximate surface area is 166 Å².